The van der Waals surface area contributed by atoms with E-state index in [1.54, 1.807) is 18.2 Å². The van der Waals surface area contributed by atoms with E-state index in [0.717, 1.165) is 24.5 Å². The van der Waals surface area contributed by atoms with Crippen LogP contribution in [0.1, 0.15) is 17.5 Å². The van der Waals surface area contributed by atoms with Gasteiger partial charge in [0.15, 0.2) is 0 Å². The number of nitrogens with two attached hydrogens (primary N) is 1. The first-order valence-electron chi connectivity index (χ1n) is 7.12. The van der Waals surface area contributed by atoms with Gasteiger partial charge in [-0.2, -0.15) is 0 Å². The highest BCUT2D eigenvalue weighted by Crippen LogP contribution is 2.23. The van der Waals surface area contributed by atoms with E-state index in [9.17, 15) is 4.79 Å². The lowest BCUT2D eigenvalue weighted by molar-refractivity contribution is -0.131. The quantitative estimate of drug-likeness (QED) is 0.467. The summed E-state index contributed by atoms with van der Waals surface area (Å²) in [6.07, 6.45) is 4.44. The Morgan fingerprint density at radius 1 is 1.18 bits per heavy atom. The molecular weight excluding hydrogens is 278 g/mol. The molecular formula is C18H19NO3. The summed E-state index contributed by atoms with van der Waals surface area (Å²) < 4.78 is 5.67. The summed E-state index contributed by atoms with van der Waals surface area (Å²) in [6, 6.07) is 15.5. The molecule has 0 unspecified atom stereocenters. The van der Waals surface area contributed by atoms with Crippen molar-refractivity contribution in [3.63, 3.8) is 0 Å². The van der Waals surface area contributed by atoms with Gasteiger partial charge >= 0.3 is 5.97 Å². The van der Waals surface area contributed by atoms with Gasteiger partial charge in [0.1, 0.15) is 5.75 Å². The Morgan fingerprint density at radius 3 is 2.64 bits per heavy atom. The first-order valence-corrected chi connectivity index (χ1v) is 7.12. The first-order chi connectivity index (χ1) is 10.6. The number of carboxylic acid groups (broad SMARTS) is 1. The van der Waals surface area contributed by atoms with Gasteiger partial charge in [-0.3, -0.25) is 0 Å². The van der Waals surface area contributed by atoms with Crippen LogP contribution in [0.3, 0.4) is 0 Å². The van der Waals surface area contributed by atoms with Gasteiger partial charge in [0.2, 0.25) is 0 Å². The largest absolute Gasteiger partial charge is 0.491 e. The van der Waals surface area contributed by atoms with Crippen LogP contribution in [0.4, 0.5) is 5.69 Å². The summed E-state index contributed by atoms with van der Waals surface area (Å²) in [7, 11) is 0. The molecule has 0 aliphatic heterocycles. The van der Waals surface area contributed by atoms with Crippen molar-refractivity contribution >= 4 is 17.7 Å². The molecule has 2 aromatic rings. The van der Waals surface area contributed by atoms with Crippen LogP contribution in [0.15, 0.2) is 54.6 Å². The highest BCUT2D eigenvalue weighted by Gasteiger charge is 2.01. The summed E-state index contributed by atoms with van der Waals surface area (Å²) in [4.78, 5) is 10.5. The summed E-state index contributed by atoms with van der Waals surface area (Å²) in [5.41, 5.74) is 8.44. The van der Waals surface area contributed by atoms with Crippen LogP contribution >= 0.6 is 0 Å². The van der Waals surface area contributed by atoms with Gasteiger partial charge in [-0.25, -0.2) is 4.79 Å². The molecule has 0 radical (unpaired) electrons. The molecule has 0 atom stereocenters. The van der Waals surface area contributed by atoms with E-state index in [4.69, 9.17) is 15.6 Å². The Balaban J connectivity index is 1.84. The highest BCUT2D eigenvalue weighted by atomic mass is 16.5. The lowest BCUT2D eigenvalue weighted by Crippen LogP contribution is -2.02. The first kappa shape index (κ1) is 15.6. The number of anilines is 1. The van der Waals surface area contributed by atoms with Gasteiger partial charge in [0.25, 0.3) is 0 Å². The topological polar surface area (TPSA) is 72.6 Å². The summed E-state index contributed by atoms with van der Waals surface area (Å²) >= 11 is 0. The fraction of sp³-hybridized carbons (Fsp3) is 0.167. The Kier molecular flexibility index (Phi) is 5.60. The van der Waals surface area contributed by atoms with Gasteiger partial charge in [0, 0.05) is 6.08 Å². The van der Waals surface area contributed by atoms with Crippen molar-refractivity contribution in [2.75, 3.05) is 12.3 Å². The SMILES string of the molecule is Nc1cc(/C=C\C(=O)O)ccc1OCCCc1ccccc1. The fourth-order valence-electron chi connectivity index (χ4n) is 2.07. The molecule has 2 aromatic carbocycles. The number of benzene rings is 2. The molecule has 0 spiro atoms. The average Bonchev–Trinajstić information content (AvgIpc) is 2.52. The molecule has 0 saturated carbocycles. The van der Waals surface area contributed by atoms with Crippen molar-refractivity contribution in [3.8, 4) is 5.75 Å². The predicted octanol–water partition coefficient (Wildman–Crippen LogP) is 3.38. The highest BCUT2D eigenvalue weighted by molar-refractivity contribution is 5.85. The molecule has 114 valence electrons. The van der Waals surface area contributed by atoms with Gasteiger partial charge in [-0.05, 0) is 42.2 Å². The molecule has 2 rings (SSSR count). The van der Waals surface area contributed by atoms with Crippen molar-refractivity contribution in [1.82, 2.24) is 0 Å². The minimum Gasteiger partial charge on any atom is -0.491 e. The normalized spacial score (nSPS) is 10.7. The maximum atomic E-state index is 10.5. The van der Waals surface area contributed by atoms with E-state index in [2.05, 4.69) is 12.1 Å². The fourth-order valence-corrected chi connectivity index (χ4v) is 2.07. The van der Waals surface area contributed by atoms with E-state index in [0.29, 0.717) is 18.0 Å². The van der Waals surface area contributed by atoms with Crippen LogP contribution < -0.4 is 10.5 Å². The smallest absolute Gasteiger partial charge is 0.328 e. The summed E-state index contributed by atoms with van der Waals surface area (Å²) in [6.45, 7) is 0.587. The standard InChI is InChI=1S/C18H19NO3/c19-16-13-15(9-11-18(20)21)8-10-17(16)22-12-4-7-14-5-2-1-3-6-14/h1-3,5-6,8-11,13H,4,7,12,19H2,(H,20,21)/b11-9-. The third-order valence-electron chi connectivity index (χ3n) is 3.16. The minimum absolute atomic E-state index is 0.507. The number of ether oxygens (including phenoxy) is 1. The van der Waals surface area contributed by atoms with Crippen molar-refractivity contribution in [1.29, 1.82) is 0 Å². The minimum atomic E-state index is -0.986. The van der Waals surface area contributed by atoms with Gasteiger partial charge in [-0.15, -0.1) is 0 Å². The number of nitrogen functional groups attached to an aromatic ring is 1. The van der Waals surface area contributed by atoms with E-state index >= 15 is 0 Å². The van der Waals surface area contributed by atoms with Crippen LogP contribution in [-0.4, -0.2) is 17.7 Å². The second-order valence-corrected chi connectivity index (χ2v) is 4.91. The molecule has 0 aliphatic rings. The molecule has 0 amide bonds. The number of hydrogen-bond acceptors (Lipinski definition) is 3. The number of aryl methyl sites for hydroxylation is 1. The monoisotopic (exact) mass is 297 g/mol. The Hall–Kier alpha value is -2.75. The molecule has 0 fully saturated rings. The number of carboxylic acids is 1. The number of hydrogen-bond donors (Lipinski definition) is 2. The molecule has 3 N–H and O–H groups in total. The van der Waals surface area contributed by atoms with E-state index in [1.165, 1.54) is 11.6 Å². The third kappa shape index (κ3) is 4.98. The lowest BCUT2D eigenvalue weighted by atomic mass is 10.1. The second-order valence-electron chi connectivity index (χ2n) is 4.91. The van der Waals surface area contributed by atoms with E-state index in [-0.39, 0.29) is 0 Å². The van der Waals surface area contributed by atoms with Crippen LogP contribution in [0.25, 0.3) is 6.08 Å². The molecule has 22 heavy (non-hydrogen) atoms. The van der Waals surface area contributed by atoms with Crippen molar-refractivity contribution in [3.05, 3.63) is 65.7 Å². The third-order valence-corrected chi connectivity index (χ3v) is 3.16. The molecule has 0 aromatic heterocycles. The average molecular weight is 297 g/mol. The summed E-state index contributed by atoms with van der Waals surface area (Å²) in [5, 5.41) is 8.59. The van der Waals surface area contributed by atoms with Gasteiger partial charge in [-0.1, -0.05) is 36.4 Å². The van der Waals surface area contributed by atoms with E-state index in [1.807, 2.05) is 18.2 Å². The zero-order valence-corrected chi connectivity index (χ0v) is 12.2. The number of aliphatic carboxylic acids is 1. The van der Waals surface area contributed by atoms with Crippen LogP contribution in [0, 0.1) is 0 Å². The molecule has 0 saturated heterocycles. The van der Waals surface area contributed by atoms with Gasteiger partial charge < -0.3 is 15.6 Å². The second kappa shape index (κ2) is 7.88. The zero-order valence-electron chi connectivity index (χ0n) is 12.2. The zero-order chi connectivity index (χ0) is 15.8. The lowest BCUT2D eigenvalue weighted by Gasteiger charge is -2.09. The van der Waals surface area contributed by atoms with Crippen molar-refractivity contribution in [2.24, 2.45) is 0 Å². The van der Waals surface area contributed by atoms with Crippen molar-refractivity contribution < 1.29 is 14.6 Å². The molecule has 0 aliphatic carbocycles. The van der Waals surface area contributed by atoms with Crippen LogP contribution in [0.2, 0.25) is 0 Å². The van der Waals surface area contributed by atoms with Gasteiger partial charge in [0.05, 0.1) is 12.3 Å². The molecule has 4 nitrogen and oxygen atoms in total. The molecule has 0 bridgehead atoms. The van der Waals surface area contributed by atoms with E-state index < -0.39 is 5.97 Å². The predicted molar refractivity (Wildman–Crippen MR) is 87.8 cm³/mol. The maximum absolute atomic E-state index is 10.5. The Bertz CT molecular complexity index is 651. The van der Waals surface area contributed by atoms with Crippen LogP contribution in [-0.2, 0) is 11.2 Å². The Morgan fingerprint density at radius 2 is 1.95 bits per heavy atom. The number of rotatable bonds is 7. The van der Waals surface area contributed by atoms with Crippen molar-refractivity contribution in [2.45, 2.75) is 12.8 Å². The maximum Gasteiger partial charge on any atom is 0.328 e. The Labute approximate surface area is 129 Å². The molecule has 0 heterocycles. The summed E-state index contributed by atoms with van der Waals surface area (Å²) in [5.74, 6) is -0.361. The van der Waals surface area contributed by atoms with Crippen LogP contribution in [0.5, 0.6) is 5.75 Å². The molecule has 4 heteroatoms. The number of carbonyl (C=O) groups is 1.